The zero-order valence-corrected chi connectivity index (χ0v) is 19.2. The molecule has 0 amide bonds. The molecular weight excluding hydrogens is 448 g/mol. The van der Waals surface area contributed by atoms with Crippen LogP contribution in [0.25, 0.3) is 0 Å². The molecular formula is C24H30O10. The zero-order valence-electron chi connectivity index (χ0n) is 19.2. The van der Waals surface area contributed by atoms with E-state index in [1.165, 1.54) is 0 Å². The number of ether oxygens (including phenoxy) is 6. The lowest BCUT2D eigenvalue weighted by atomic mass is 9.89. The summed E-state index contributed by atoms with van der Waals surface area (Å²) in [7, 11) is 4.72. The Morgan fingerprint density at radius 1 is 0.912 bits per heavy atom. The van der Waals surface area contributed by atoms with E-state index in [0.717, 1.165) is 11.1 Å². The minimum absolute atomic E-state index is 0.0134. The number of hydrogen-bond acceptors (Lipinski definition) is 10. The van der Waals surface area contributed by atoms with Crippen LogP contribution >= 0.6 is 0 Å². The Balaban J connectivity index is 1.51. The molecule has 10 heteroatoms. The van der Waals surface area contributed by atoms with Gasteiger partial charge >= 0.3 is 0 Å². The topological polar surface area (TPSA) is 136 Å². The smallest absolute Gasteiger partial charge is 0.229 e. The van der Waals surface area contributed by atoms with E-state index in [2.05, 4.69) is 0 Å². The second kappa shape index (κ2) is 10.2. The number of methoxy groups -OCH3 is 3. The first-order chi connectivity index (χ1) is 16.4. The number of fused-ring (bicyclic) bond motifs is 1. The maximum Gasteiger partial charge on any atom is 0.229 e. The SMILES string of the molecule is COc1ccc([C@@H]2COc3cc(O[C@@H]4O[C@H](CO)[C@@H](O)[C@H](O)[C@H]4O)ccc3C2)c(OC)c1OC. The maximum absolute atomic E-state index is 10.2. The van der Waals surface area contributed by atoms with Crippen LogP contribution in [0.5, 0.6) is 28.7 Å². The van der Waals surface area contributed by atoms with E-state index < -0.39 is 37.3 Å². The summed E-state index contributed by atoms with van der Waals surface area (Å²) in [4.78, 5) is 0. The van der Waals surface area contributed by atoms with Crippen molar-refractivity contribution in [3.05, 3.63) is 41.5 Å². The highest BCUT2D eigenvalue weighted by Crippen LogP contribution is 2.45. The van der Waals surface area contributed by atoms with Gasteiger partial charge in [-0.1, -0.05) is 12.1 Å². The fraction of sp³-hybridized carbons (Fsp3) is 0.500. The molecule has 34 heavy (non-hydrogen) atoms. The molecule has 0 aliphatic carbocycles. The summed E-state index contributed by atoms with van der Waals surface area (Å²) in [5.41, 5.74) is 1.89. The number of aliphatic hydroxyl groups is 4. The third-order valence-corrected chi connectivity index (χ3v) is 6.22. The number of hydrogen-bond donors (Lipinski definition) is 4. The van der Waals surface area contributed by atoms with Crippen LogP contribution in [0.15, 0.2) is 30.3 Å². The Labute approximate surface area is 197 Å². The molecule has 6 atom stereocenters. The van der Waals surface area contributed by atoms with E-state index >= 15 is 0 Å². The lowest BCUT2D eigenvalue weighted by Crippen LogP contribution is -2.60. The fourth-order valence-electron chi connectivity index (χ4n) is 4.37. The summed E-state index contributed by atoms with van der Waals surface area (Å²) in [6, 6.07) is 9.02. The number of aliphatic hydroxyl groups excluding tert-OH is 4. The summed E-state index contributed by atoms with van der Waals surface area (Å²) in [6.07, 6.45) is -6.08. The Morgan fingerprint density at radius 3 is 2.35 bits per heavy atom. The second-order valence-corrected chi connectivity index (χ2v) is 8.22. The molecule has 0 aromatic heterocycles. The van der Waals surface area contributed by atoms with E-state index in [9.17, 15) is 20.4 Å². The molecule has 10 nitrogen and oxygen atoms in total. The first-order valence-corrected chi connectivity index (χ1v) is 10.9. The quantitative estimate of drug-likeness (QED) is 0.448. The van der Waals surface area contributed by atoms with Crippen LogP contribution in [0, 0.1) is 0 Å². The van der Waals surface area contributed by atoms with Crippen LogP contribution in [-0.2, 0) is 11.2 Å². The third-order valence-electron chi connectivity index (χ3n) is 6.22. The monoisotopic (exact) mass is 478 g/mol. The molecule has 0 unspecified atom stereocenters. The first kappa shape index (κ1) is 24.4. The predicted octanol–water partition coefficient (Wildman–Crippen LogP) is 0.610. The molecule has 2 aliphatic heterocycles. The maximum atomic E-state index is 10.2. The van der Waals surface area contributed by atoms with Crippen LogP contribution in [0.2, 0.25) is 0 Å². The minimum atomic E-state index is -1.51. The van der Waals surface area contributed by atoms with Crippen molar-refractivity contribution >= 4 is 0 Å². The van der Waals surface area contributed by atoms with Crippen molar-refractivity contribution in [3.63, 3.8) is 0 Å². The van der Waals surface area contributed by atoms with Crippen molar-refractivity contribution in [2.75, 3.05) is 34.5 Å². The van der Waals surface area contributed by atoms with E-state index in [0.29, 0.717) is 41.8 Å². The molecule has 1 fully saturated rings. The third kappa shape index (κ3) is 4.47. The number of rotatable bonds is 7. The first-order valence-electron chi connectivity index (χ1n) is 10.9. The van der Waals surface area contributed by atoms with Crippen molar-refractivity contribution in [3.8, 4) is 28.7 Å². The van der Waals surface area contributed by atoms with Gasteiger partial charge in [-0.2, -0.15) is 0 Å². The van der Waals surface area contributed by atoms with Crippen molar-refractivity contribution in [1.29, 1.82) is 0 Å². The van der Waals surface area contributed by atoms with Crippen LogP contribution in [0.1, 0.15) is 17.0 Å². The minimum Gasteiger partial charge on any atom is -0.493 e. The second-order valence-electron chi connectivity index (χ2n) is 8.22. The predicted molar refractivity (Wildman–Crippen MR) is 119 cm³/mol. The highest BCUT2D eigenvalue weighted by Gasteiger charge is 2.44. The van der Waals surface area contributed by atoms with Gasteiger partial charge in [0.15, 0.2) is 11.5 Å². The van der Waals surface area contributed by atoms with Gasteiger partial charge in [0.05, 0.1) is 34.5 Å². The Hall–Kier alpha value is -2.76. The average molecular weight is 478 g/mol. The summed E-state index contributed by atoms with van der Waals surface area (Å²) >= 11 is 0. The summed E-state index contributed by atoms with van der Waals surface area (Å²) < 4.78 is 33.6. The molecule has 4 N–H and O–H groups in total. The van der Waals surface area contributed by atoms with Gasteiger partial charge in [-0.3, -0.25) is 0 Å². The normalized spacial score (nSPS) is 28.4. The van der Waals surface area contributed by atoms with Gasteiger partial charge in [-0.15, -0.1) is 0 Å². The van der Waals surface area contributed by atoms with Crippen LogP contribution in [-0.4, -0.2) is 85.7 Å². The van der Waals surface area contributed by atoms with E-state index in [-0.39, 0.29) is 5.92 Å². The van der Waals surface area contributed by atoms with E-state index in [1.807, 2.05) is 18.2 Å². The van der Waals surface area contributed by atoms with E-state index in [1.54, 1.807) is 33.5 Å². The van der Waals surface area contributed by atoms with Crippen LogP contribution < -0.4 is 23.7 Å². The molecule has 4 rings (SSSR count). The Morgan fingerprint density at radius 2 is 1.68 bits per heavy atom. The van der Waals surface area contributed by atoms with Gasteiger partial charge in [-0.05, 0) is 24.1 Å². The van der Waals surface area contributed by atoms with Crippen LogP contribution in [0.3, 0.4) is 0 Å². The van der Waals surface area contributed by atoms with Crippen molar-refractivity contribution in [1.82, 2.24) is 0 Å². The molecule has 0 radical (unpaired) electrons. The van der Waals surface area contributed by atoms with Gasteiger partial charge in [-0.25, -0.2) is 0 Å². The largest absolute Gasteiger partial charge is 0.493 e. The highest BCUT2D eigenvalue weighted by atomic mass is 16.7. The Kier molecular flexibility index (Phi) is 7.34. The molecule has 2 heterocycles. The van der Waals surface area contributed by atoms with Crippen molar-refractivity contribution in [2.45, 2.75) is 43.0 Å². The molecule has 0 spiro atoms. The van der Waals surface area contributed by atoms with Crippen LogP contribution in [0.4, 0.5) is 0 Å². The molecule has 2 aromatic carbocycles. The average Bonchev–Trinajstić information content (AvgIpc) is 2.87. The molecule has 0 bridgehead atoms. The lowest BCUT2D eigenvalue weighted by molar-refractivity contribution is -0.277. The van der Waals surface area contributed by atoms with Gasteiger partial charge in [0, 0.05) is 17.5 Å². The fourth-order valence-corrected chi connectivity index (χ4v) is 4.37. The standard InChI is InChI=1S/C24H30O10/c1-29-16-7-6-15(22(30-2)23(16)31-3)13-8-12-4-5-14(9-17(12)32-11-13)33-24-21(28)20(27)19(26)18(10-25)34-24/h4-7,9,13,18-21,24-28H,8,10-11H2,1-3H3/t13-,18+,19+,20-,21+,24+/m0/s1. The summed E-state index contributed by atoms with van der Waals surface area (Å²) in [5, 5.41) is 39.4. The molecule has 0 saturated carbocycles. The Bertz CT molecular complexity index is 994. The van der Waals surface area contributed by atoms with Gasteiger partial charge in [0.1, 0.15) is 35.9 Å². The summed E-state index contributed by atoms with van der Waals surface area (Å²) in [5.74, 6) is 2.69. The zero-order chi connectivity index (χ0) is 24.4. The molecule has 1 saturated heterocycles. The summed E-state index contributed by atoms with van der Waals surface area (Å²) in [6.45, 7) is -0.137. The van der Waals surface area contributed by atoms with Crippen molar-refractivity contribution in [2.24, 2.45) is 0 Å². The highest BCUT2D eigenvalue weighted by molar-refractivity contribution is 5.57. The molecule has 2 aliphatic rings. The lowest BCUT2D eigenvalue weighted by Gasteiger charge is -2.39. The van der Waals surface area contributed by atoms with E-state index in [4.69, 9.17) is 28.4 Å². The van der Waals surface area contributed by atoms with Gasteiger partial charge in [0.25, 0.3) is 0 Å². The van der Waals surface area contributed by atoms with Crippen molar-refractivity contribution < 1.29 is 48.8 Å². The molecule has 2 aromatic rings. The van der Waals surface area contributed by atoms with Gasteiger partial charge < -0.3 is 48.8 Å². The molecule has 186 valence electrons. The number of benzene rings is 2. The van der Waals surface area contributed by atoms with Gasteiger partial charge in [0.2, 0.25) is 12.0 Å².